The van der Waals surface area contributed by atoms with Crippen molar-refractivity contribution in [3.63, 3.8) is 0 Å². The van der Waals surface area contributed by atoms with Crippen molar-refractivity contribution in [1.82, 2.24) is 9.78 Å². The third-order valence-corrected chi connectivity index (χ3v) is 5.45. The molecule has 3 rings (SSSR count). The van der Waals surface area contributed by atoms with Crippen LogP contribution in [0.2, 0.25) is 0 Å². The molecular weight excluding hydrogens is 447 g/mol. The Bertz CT molecular complexity index is 1140. The minimum atomic E-state index is -0.394. The number of nitrogens with zero attached hydrogens (tertiary/aromatic N) is 2. The van der Waals surface area contributed by atoms with E-state index < -0.39 is 5.82 Å². The predicted molar refractivity (Wildman–Crippen MR) is 133 cm³/mol. The number of esters is 1. The second-order valence-electron chi connectivity index (χ2n) is 9.08. The maximum atomic E-state index is 14.5. The maximum absolute atomic E-state index is 14.5. The van der Waals surface area contributed by atoms with Crippen molar-refractivity contribution in [2.24, 2.45) is 5.92 Å². The lowest BCUT2D eigenvalue weighted by molar-refractivity contribution is -0.143. The summed E-state index contributed by atoms with van der Waals surface area (Å²) in [7, 11) is 0. The van der Waals surface area contributed by atoms with Gasteiger partial charge in [-0.3, -0.25) is 9.48 Å². The lowest BCUT2D eigenvalue weighted by Crippen LogP contribution is -2.10. The Morgan fingerprint density at radius 3 is 2.51 bits per heavy atom. The minimum Gasteiger partial charge on any atom is -0.493 e. The van der Waals surface area contributed by atoms with Crippen molar-refractivity contribution in [2.45, 2.75) is 60.6 Å². The van der Waals surface area contributed by atoms with Crippen molar-refractivity contribution in [3.8, 4) is 11.5 Å². The molecule has 0 aliphatic heterocycles. The average Bonchev–Trinajstić information content (AvgIpc) is 3.12. The maximum Gasteiger partial charge on any atom is 0.306 e. The average molecular weight is 483 g/mol. The smallest absolute Gasteiger partial charge is 0.306 e. The zero-order chi connectivity index (χ0) is 25.4. The van der Waals surface area contributed by atoms with Gasteiger partial charge < -0.3 is 14.2 Å². The fourth-order valence-electron chi connectivity index (χ4n) is 3.70. The normalized spacial score (nSPS) is 11.1. The Kier molecular flexibility index (Phi) is 9.29. The molecule has 0 atom stereocenters. The van der Waals surface area contributed by atoms with Gasteiger partial charge in [-0.1, -0.05) is 26.0 Å². The molecule has 0 saturated heterocycles. The van der Waals surface area contributed by atoms with Crippen LogP contribution in [0.5, 0.6) is 11.5 Å². The summed E-state index contributed by atoms with van der Waals surface area (Å²) in [6.45, 7) is 11.8. The molecular formula is C28H35FN2O4. The number of hydrogen-bond acceptors (Lipinski definition) is 5. The zero-order valence-corrected chi connectivity index (χ0v) is 21.3. The molecule has 0 bridgehead atoms. The van der Waals surface area contributed by atoms with Crippen LogP contribution in [0.15, 0.2) is 42.5 Å². The Hall–Kier alpha value is -3.35. The number of rotatable bonds is 12. The highest BCUT2D eigenvalue weighted by Crippen LogP contribution is 2.25. The first-order valence-electron chi connectivity index (χ1n) is 12.1. The summed E-state index contributed by atoms with van der Waals surface area (Å²) in [6, 6.07) is 12.8. The van der Waals surface area contributed by atoms with Crippen LogP contribution in [0.4, 0.5) is 4.39 Å². The van der Waals surface area contributed by atoms with E-state index in [1.165, 1.54) is 6.07 Å². The van der Waals surface area contributed by atoms with Crippen molar-refractivity contribution in [1.29, 1.82) is 0 Å². The van der Waals surface area contributed by atoms with E-state index in [4.69, 9.17) is 14.2 Å². The number of benzene rings is 2. The highest BCUT2D eigenvalue weighted by molar-refractivity contribution is 5.69. The van der Waals surface area contributed by atoms with E-state index >= 15 is 0 Å². The Labute approximate surface area is 207 Å². The van der Waals surface area contributed by atoms with Gasteiger partial charge in [-0.15, -0.1) is 0 Å². The van der Waals surface area contributed by atoms with E-state index in [1.54, 1.807) is 19.1 Å². The predicted octanol–water partition coefficient (Wildman–Crippen LogP) is 5.80. The molecule has 0 saturated carbocycles. The topological polar surface area (TPSA) is 62.6 Å². The highest BCUT2D eigenvalue weighted by Gasteiger charge is 2.12. The van der Waals surface area contributed by atoms with Crippen molar-refractivity contribution >= 4 is 5.97 Å². The number of hydrogen-bond donors (Lipinski definition) is 0. The highest BCUT2D eigenvalue weighted by atomic mass is 19.1. The number of aryl methyl sites for hydroxylation is 3. The quantitative estimate of drug-likeness (QED) is 0.306. The van der Waals surface area contributed by atoms with Crippen molar-refractivity contribution in [2.75, 3.05) is 13.2 Å². The van der Waals surface area contributed by atoms with Gasteiger partial charge in [-0.05, 0) is 68.5 Å². The third kappa shape index (κ3) is 7.84. The third-order valence-electron chi connectivity index (χ3n) is 5.45. The van der Waals surface area contributed by atoms with E-state index in [1.807, 2.05) is 36.7 Å². The SMILES string of the molecule is CCOC(=O)CCc1ccc(OCc2ccc(OCC(C)C)c(Cn3nc(C)cc3C)c2)cc1F. The second-order valence-corrected chi connectivity index (χ2v) is 9.08. The van der Waals surface area contributed by atoms with Crippen LogP contribution in [0.25, 0.3) is 0 Å². The van der Waals surface area contributed by atoms with Gasteiger partial charge in [-0.25, -0.2) is 4.39 Å². The van der Waals surface area contributed by atoms with Crippen LogP contribution < -0.4 is 9.47 Å². The van der Waals surface area contributed by atoms with Crippen LogP contribution in [-0.2, 0) is 29.1 Å². The van der Waals surface area contributed by atoms with Gasteiger partial charge in [0.1, 0.15) is 23.9 Å². The molecule has 2 aromatic carbocycles. The fraction of sp³-hybridized carbons (Fsp3) is 0.429. The molecule has 0 fully saturated rings. The Morgan fingerprint density at radius 1 is 1.06 bits per heavy atom. The first kappa shape index (κ1) is 26.3. The zero-order valence-electron chi connectivity index (χ0n) is 21.3. The molecule has 0 aliphatic rings. The summed E-state index contributed by atoms with van der Waals surface area (Å²) in [5.41, 5.74) is 4.48. The fourth-order valence-corrected chi connectivity index (χ4v) is 3.70. The molecule has 6 nitrogen and oxygen atoms in total. The molecule has 188 valence electrons. The lowest BCUT2D eigenvalue weighted by Gasteiger charge is -2.16. The summed E-state index contributed by atoms with van der Waals surface area (Å²) >= 11 is 0. The number of halogens is 1. The van der Waals surface area contributed by atoms with Gasteiger partial charge in [-0.2, -0.15) is 5.10 Å². The van der Waals surface area contributed by atoms with Crippen LogP contribution in [0.1, 0.15) is 55.3 Å². The van der Waals surface area contributed by atoms with Crippen LogP contribution in [0, 0.1) is 25.6 Å². The summed E-state index contributed by atoms with van der Waals surface area (Å²) < 4.78 is 33.3. The molecule has 0 spiro atoms. The number of ether oxygens (including phenoxy) is 3. The Balaban J connectivity index is 1.69. The van der Waals surface area contributed by atoms with E-state index in [9.17, 15) is 9.18 Å². The van der Waals surface area contributed by atoms with Gasteiger partial charge in [0, 0.05) is 23.7 Å². The van der Waals surface area contributed by atoms with Crippen molar-refractivity contribution < 1.29 is 23.4 Å². The molecule has 7 heteroatoms. The number of aromatic nitrogens is 2. The lowest BCUT2D eigenvalue weighted by atomic mass is 10.1. The molecule has 1 aromatic heterocycles. The first-order valence-corrected chi connectivity index (χ1v) is 12.1. The van der Waals surface area contributed by atoms with Gasteiger partial charge >= 0.3 is 5.97 Å². The first-order chi connectivity index (χ1) is 16.7. The molecule has 3 aromatic rings. The molecule has 35 heavy (non-hydrogen) atoms. The van der Waals surface area contributed by atoms with E-state index in [2.05, 4.69) is 25.0 Å². The van der Waals surface area contributed by atoms with Gasteiger partial charge in [0.05, 0.1) is 25.5 Å². The van der Waals surface area contributed by atoms with Crippen LogP contribution in [-0.4, -0.2) is 29.0 Å². The summed E-state index contributed by atoms with van der Waals surface area (Å²) in [6.07, 6.45) is 0.437. The largest absolute Gasteiger partial charge is 0.493 e. The molecule has 0 amide bonds. The number of carbonyl (C=O) groups is 1. The van der Waals surface area contributed by atoms with Crippen LogP contribution >= 0.6 is 0 Å². The Morgan fingerprint density at radius 2 is 1.86 bits per heavy atom. The molecule has 0 aliphatic carbocycles. The van der Waals surface area contributed by atoms with E-state index in [0.29, 0.717) is 43.4 Å². The molecule has 0 unspecified atom stereocenters. The molecule has 0 radical (unpaired) electrons. The molecule has 1 heterocycles. The molecule has 0 N–H and O–H groups in total. The summed E-state index contributed by atoms with van der Waals surface area (Å²) in [5, 5.41) is 4.58. The minimum absolute atomic E-state index is 0.147. The summed E-state index contributed by atoms with van der Waals surface area (Å²) in [4.78, 5) is 11.5. The summed E-state index contributed by atoms with van der Waals surface area (Å²) in [5.74, 6) is 0.947. The monoisotopic (exact) mass is 482 g/mol. The standard InChI is InChI=1S/C28H35FN2O4/c1-6-33-28(32)12-9-23-8-10-25(15-26(23)29)34-18-22-7-11-27(35-17-19(2)3)24(14-22)16-31-21(5)13-20(4)30-31/h7-8,10-11,13-15,19H,6,9,12,16-18H2,1-5H3. The van der Waals surface area contributed by atoms with Crippen LogP contribution in [0.3, 0.4) is 0 Å². The van der Waals surface area contributed by atoms with Crippen molar-refractivity contribution in [3.05, 3.63) is 76.4 Å². The van der Waals surface area contributed by atoms with Gasteiger partial charge in [0.2, 0.25) is 0 Å². The van der Waals surface area contributed by atoms with E-state index in [-0.39, 0.29) is 19.0 Å². The van der Waals surface area contributed by atoms with E-state index in [0.717, 1.165) is 28.3 Å². The van der Waals surface area contributed by atoms with Gasteiger partial charge in [0.25, 0.3) is 0 Å². The second kappa shape index (κ2) is 12.4. The number of carbonyl (C=O) groups excluding carboxylic acids is 1. The van der Waals surface area contributed by atoms with Gasteiger partial charge in [0.15, 0.2) is 0 Å².